The topological polar surface area (TPSA) is 17.0 Å². The highest BCUT2D eigenvalue weighted by Crippen LogP contribution is 2.13. The van der Waals surface area contributed by atoms with Crippen LogP contribution in [-0.4, -0.2) is 11.6 Å². The summed E-state index contributed by atoms with van der Waals surface area (Å²) < 4.78 is 28.2. The third-order valence-corrected chi connectivity index (χ3v) is 2.64. The zero-order valence-electron chi connectivity index (χ0n) is 9.58. The number of nitrogens with zero attached hydrogens (tertiary/aromatic N) is 1. The molecule has 1 aromatic carbocycles. The Morgan fingerprint density at radius 1 is 1.24 bits per heavy atom. The van der Waals surface area contributed by atoms with Crippen LogP contribution in [0.3, 0.4) is 0 Å². The van der Waals surface area contributed by atoms with E-state index in [4.69, 9.17) is 0 Å². The summed E-state index contributed by atoms with van der Waals surface area (Å²) in [4.78, 5) is 0. The van der Waals surface area contributed by atoms with E-state index in [0.29, 0.717) is 12.1 Å². The standard InChI is InChI=1S/C13H14F2N2/c1-16-8-12-3-2-6-17(12)9-10-4-5-11(14)7-13(10)15/h2-7,16H,8-9H2,1H3. The van der Waals surface area contributed by atoms with Crippen molar-refractivity contribution in [2.45, 2.75) is 13.1 Å². The van der Waals surface area contributed by atoms with Crippen LogP contribution in [0.1, 0.15) is 11.3 Å². The molecule has 0 saturated heterocycles. The summed E-state index contributed by atoms with van der Waals surface area (Å²) >= 11 is 0. The van der Waals surface area contributed by atoms with Crippen molar-refractivity contribution in [2.24, 2.45) is 0 Å². The molecule has 0 atom stereocenters. The van der Waals surface area contributed by atoms with Gasteiger partial charge in [0.05, 0.1) is 6.54 Å². The van der Waals surface area contributed by atoms with E-state index < -0.39 is 11.6 Å². The number of aromatic nitrogens is 1. The Hall–Kier alpha value is -1.68. The summed E-state index contributed by atoms with van der Waals surface area (Å²) in [6.45, 7) is 1.13. The van der Waals surface area contributed by atoms with Gasteiger partial charge in [0.2, 0.25) is 0 Å². The molecule has 1 N–H and O–H groups in total. The Morgan fingerprint density at radius 3 is 2.76 bits per heavy atom. The van der Waals surface area contributed by atoms with Gasteiger partial charge in [-0.1, -0.05) is 6.07 Å². The lowest BCUT2D eigenvalue weighted by Crippen LogP contribution is -2.12. The summed E-state index contributed by atoms with van der Waals surface area (Å²) in [6, 6.07) is 7.55. The maximum Gasteiger partial charge on any atom is 0.131 e. The van der Waals surface area contributed by atoms with Gasteiger partial charge in [0.15, 0.2) is 0 Å². The molecule has 0 saturated carbocycles. The average Bonchev–Trinajstić information content (AvgIpc) is 2.71. The van der Waals surface area contributed by atoms with Crippen LogP contribution in [0.4, 0.5) is 8.78 Å². The van der Waals surface area contributed by atoms with Gasteiger partial charge in [-0.2, -0.15) is 0 Å². The van der Waals surface area contributed by atoms with Gasteiger partial charge >= 0.3 is 0 Å². The fourth-order valence-corrected chi connectivity index (χ4v) is 1.78. The third-order valence-electron chi connectivity index (χ3n) is 2.64. The van der Waals surface area contributed by atoms with Crippen LogP contribution >= 0.6 is 0 Å². The van der Waals surface area contributed by atoms with Crippen molar-refractivity contribution in [3.63, 3.8) is 0 Å². The van der Waals surface area contributed by atoms with Crippen LogP contribution in [0.25, 0.3) is 0 Å². The first-order valence-electron chi connectivity index (χ1n) is 5.43. The highest BCUT2D eigenvalue weighted by Gasteiger charge is 2.06. The van der Waals surface area contributed by atoms with Crippen molar-refractivity contribution in [1.82, 2.24) is 9.88 Å². The predicted octanol–water partition coefficient (Wildman–Crippen LogP) is 2.53. The second-order valence-corrected chi connectivity index (χ2v) is 3.89. The van der Waals surface area contributed by atoms with Crippen LogP contribution in [0.2, 0.25) is 0 Å². The molecular weight excluding hydrogens is 222 g/mol. The van der Waals surface area contributed by atoms with E-state index in [1.165, 1.54) is 12.1 Å². The SMILES string of the molecule is CNCc1cccn1Cc1ccc(F)cc1F. The lowest BCUT2D eigenvalue weighted by atomic mass is 10.2. The van der Waals surface area contributed by atoms with Crippen LogP contribution in [0.15, 0.2) is 36.5 Å². The smallest absolute Gasteiger partial charge is 0.131 e. The molecule has 2 aromatic rings. The summed E-state index contributed by atoms with van der Waals surface area (Å²) in [7, 11) is 1.86. The molecule has 0 fully saturated rings. The highest BCUT2D eigenvalue weighted by atomic mass is 19.1. The number of hydrogen-bond acceptors (Lipinski definition) is 1. The summed E-state index contributed by atoms with van der Waals surface area (Å²) in [5.74, 6) is -1.05. The van der Waals surface area contributed by atoms with Crippen molar-refractivity contribution in [1.29, 1.82) is 0 Å². The van der Waals surface area contributed by atoms with Crippen molar-refractivity contribution in [3.8, 4) is 0 Å². The second-order valence-electron chi connectivity index (χ2n) is 3.89. The summed E-state index contributed by atoms with van der Waals surface area (Å²) in [5, 5.41) is 3.05. The number of nitrogens with one attached hydrogen (secondary N) is 1. The molecule has 2 rings (SSSR count). The predicted molar refractivity (Wildman–Crippen MR) is 62.7 cm³/mol. The third kappa shape index (κ3) is 2.71. The molecule has 0 radical (unpaired) electrons. The molecule has 1 heterocycles. The van der Waals surface area contributed by atoms with Gasteiger partial charge in [0, 0.05) is 30.1 Å². The summed E-state index contributed by atoms with van der Waals surface area (Å²) in [6.07, 6.45) is 1.88. The highest BCUT2D eigenvalue weighted by molar-refractivity contribution is 5.20. The molecule has 0 aliphatic rings. The van der Waals surface area contributed by atoms with Gasteiger partial charge in [-0.3, -0.25) is 0 Å². The van der Waals surface area contributed by atoms with E-state index in [2.05, 4.69) is 5.32 Å². The molecule has 0 aliphatic heterocycles. The Morgan fingerprint density at radius 2 is 2.06 bits per heavy atom. The first-order valence-corrected chi connectivity index (χ1v) is 5.43. The van der Waals surface area contributed by atoms with Gasteiger partial charge in [0.1, 0.15) is 11.6 Å². The van der Waals surface area contributed by atoms with Crippen molar-refractivity contribution >= 4 is 0 Å². The van der Waals surface area contributed by atoms with Gasteiger partial charge in [-0.15, -0.1) is 0 Å². The molecule has 0 amide bonds. The zero-order chi connectivity index (χ0) is 12.3. The minimum atomic E-state index is -0.547. The Labute approximate surface area is 98.9 Å². The largest absolute Gasteiger partial charge is 0.346 e. The minimum Gasteiger partial charge on any atom is -0.346 e. The van der Waals surface area contributed by atoms with E-state index in [9.17, 15) is 8.78 Å². The lowest BCUT2D eigenvalue weighted by Gasteiger charge is -2.09. The van der Waals surface area contributed by atoms with Crippen molar-refractivity contribution in [3.05, 3.63) is 59.4 Å². The van der Waals surface area contributed by atoms with Gasteiger partial charge in [-0.25, -0.2) is 8.78 Å². The maximum atomic E-state index is 13.5. The number of hydrogen-bond donors (Lipinski definition) is 1. The second kappa shape index (κ2) is 5.10. The lowest BCUT2D eigenvalue weighted by molar-refractivity contribution is 0.563. The maximum absolute atomic E-state index is 13.5. The molecular formula is C13H14F2N2. The fourth-order valence-electron chi connectivity index (χ4n) is 1.78. The molecule has 0 aliphatic carbocycles. The van der Waals surface area contributed by atoms with E-state index in [1.807, 2.05) is 29.9 Å². The normalized spacial score (nSPS) is 10.8. The van der Waals surface area contributed by atoms with Gasteiger partial charge in [0.25, 0.3) is 0 Å². The van der Waals surface area contributed by atoms with Crippen molar-refractivity contribution < 1.29 is 8.78 Å². The van der Waals surface area contributed by atoms with Gasteiger partial charge < -0.3 is 9.88 Å². The van der Waals surface area contributed by atoms with E-state index >= 15 is 0 Å². The van der Waals surface area contributed by atoms with Crippen molar-refractivity contribution in [2.75, 3.05) is 7.05 Å². The molecule has 0 bridgehead atoms. The molecule has 0 unspecified atom stereocenters. The monoisotopic (exact) mass is 236 g/mol. The van der Waals surface area contributed by atoms with E-state index in [0.717, 1.165) is 18.3 Å². The Kier molecular flexibility index (Phi) is 3.54. The minimum absolute atomic E-state index is 0.413. The average molecular weight is 236 g/mol. The van der Waals surface area contributed by atoms with E-state index in [1.54, 1.807) is 0 Å². The Bertz CT molecular complexity index is 506. The first-order chi connectivity index (χ1) is 8.20. The number of benzene rings is 1. The van der Waals surface area contributed by atoms with Crippen LogP contribution in [-0.2, 0) is 13.1 Å². The Balaban J connectivity index is 2.22. The molecule has 17 heavy (non-hydrogen) atoms. The van der Waals surface area contributed by atoms with Gasteiger partial charge in [-0.05, 0) is 25.2 Å². The number of rotatable bonds is 4. The fraction of sp³-hybridized carbons (Fsp3) is 0.231. The quantitative estimate of drug-likeness (QED) is 0.863. The zero-order valence-corrected chi connectivity index (χ0v) is 9.58. The van der Waals surface area contributed by atoms with Crippen LogP contribution < -0.4 is 5.32 Å². The molecule has 1 aromatic heterocycles. The van der Waals surface area contributed by atoms with Crippen LogP contribution in [0, 0.1) is 11.6 Å². The molecule has 0 spiro atoms. The molecule has 90 valence electrons. The molecule has 2 nitrogen and oxygen atoms in total. The van der Waals surface area contributed by atoms with Crippen LogP contribution in [0.5, 0.6) is 0 Å². The first kappa shape index (κ1) is 11.8. The number of halogens is 2. The molecule has 4 heteroatoms. The summed E-state index contributed by atoms with van der Waals surface area (Å²) in [5.41, 5.74) is 1.55. The van der Waals surface area contributed by atoms with E-state index in [-0.39, 0.29) is 0 Å².